The van der Waals surface area contributed by atoms with Crippen LogP contribution in [0.2, 0.25) is 10.0 Å². The van der Waals surface area contributed by atoms with Crippen molar-refractivity contribution in [3.8, 4) is 0 Å². The maximum atomic E-state index is 12.2. The molecule has 5 nitrogen and oxygen atoms in total. The molecule has 9 heteroatoms. The van der Waals surface area contributed by atoms with Crippen LogP contribution in [0.15, 0.2) is 39.9 Å². The van der Waals surface area contributed by atoms with E-state index in [1.807, 2.05) is 0 Å². The number of hydrogen-bond acceptors (Lipinski definition) is 4. The van der Waals surface area contributed by atoms with E-state index in [1.165, 1.54) is 31.3 Å². The molecule has 0 aliphatic heterocycles. The Bertz CT molecular complexity index is 756. The second-order valence-electron chi connectivity index (χ2n) is 4.40. The Labute approximate surface area is 142 Å². The summed E-state index contributed by atoms with van der Waals surface area (Å²) in [5.74, 6) is -0.485. The lowest BCUT2D eigenvalue weighted by Gasteiger charge is -2.15. The molecule has 1 amide bonds. The lowest BCUT2D eigenvalue weighted by atomic mass is 10.3. The van der Waals surface area contributed by atoms with Crippen LogP contribution in [-0.4, -0.2) is 32.2 Å². The van der Waals surface area contributed by atoms with E-state index in [4.69, 9.17) is 23.2 Å². The zero-order valence-electron chi connectivity index (χ0n) is 11.4. The van der Waals surface area contributed by atoms with Crippen LogP contribution in [0.1, 0.15) is 0 Å². The molecule has 0 radical (unpaired) electrons. The van der Waals surface area contributed by atoms with Gasteiger partial charge in [-0.3, -0.25) is 4.79 Å². The number of thiophene rings is 1. The third kappa shape index (κ3) is 4.21. The number of anilines is 1. The van der Waals surface area contributed by atoms with E-state index in [0.29, 0.717) is 15.7 Å². The number of benzene rings is 1. The van der Waals surface area contributed by atoms with E-state index in [0.717, 1.165) is 15.6 Å². The first-order valence-corrected chi connectivity index (χ1v) is 9.12. The van der Waals surface area contributed by atoms with Gasteiger partial charge in [-0.25, -0.2) is 8.42 Å². The van der Waals surface area contributed by atoms with Crippen LogP contribution >= 0.6 is 34.5 Å². The van der Waals surface area contributed by atoms with Crippen LogP contribution < -0.4 is 5.32 Å². The molecule has 0 aliphatic carbocycles. The quantitative estimate of drug-likeness (QED) is 0.867. The molecule has 118 valence electrons. The third-order valence-corrected chi connectivity index (χ3v) is 6.29. The van der Waals surface area contributed by atoms with Gasteiger partial charge in [0.2, 0.25) is 5.91 Å². The summed E-state index contributed by atoms with van der Waals surface area (Å²) in [6.07, 6.45) is 0. The van der Waals surface area contributed by atoms with Crippen LogP contribution in [0, 0.1) is 0 Å². The predicted molar refractivity (Wildman–Crippen MR) is 89.2 cm³/mol. The molecule has 0 fully saturated rings. The number of sulfonamides is 1. The highest BCUT2D eigenvalue weighted by Gasteiger charge is 2.23. The van der Waals surface area contributed by atoms with Crippen LogP contribution in [-0.2, 0) is 14.8 Å². The van der Waals surface area contributed by atoms with Gasteiger partial charge in [0.25, 0.3) is 10.0 Å². The summed E-state index contributed by atoms with van der Waals surface area (Å²) < 4.78 is 25.6. The number of halogens is 2. The molecule has 1 aromatic heterocycles. The normalized spacial score (nSPS) is 11.6. The van der Waals surface area contributed by atoms with Crippen molar-refractivity contribution in [2.24, 2.45) is 0 Å². The van der Waals surface area contributed by atoms with E-state index in [2.05, 4.69) is 5.32 Å². The summed E-state index contributed by atoms with van der Waals surface area (Å²) in [7, 11) is -2.31. The number of carbonyl (C=O) groups excluding carboxylic acids is 1. The highest BCUT2D eigenvalue weighted by molar-refractivity contribution is 7.91. The number of nitrogens with zero attached hydrogens (tertiary/aromatic N) is 1. The topological polar surface area (TPSA) is 66.5 Å². The van der Waals surface area contributed by atoms with Gasteiger partial charge in [0.15, 0.2) is 0 Å². The number of amides is 1. The monoisotopic (exact) mass is 378 g/mol. The van der Waals surface area contributed by atoms with Crippen molar-refractivity contribution in [3.05, 3.63) is 45.8 Å². The van der Waals surface area contributed by atoms with Crippen LogP contribution in [0.4, 0.5) is 5.69 Å². The predicted octanol–water partition coefficient (Wildman–Crippen LogP) is 3.31. The van der Waals surface area contributed by atoms with Crippen LogP contribution in [0.5, 0.6) is 0 Å². The van der Waals surface area contributed by atoms with Crippen molar-refractivity contribution in [3.63, 3.8) is 0 Å². The average Bonchev–Trinajstić information content (AvgIpc) is 2.91. The maximum absolute atomic E-state index is 12.2. The maximum Gasteiger partial charge on any atom is 0.252 e. The fourth-order valence-corrected chi connectivity index (χ4v) is 4.53. The molecule has 0 atom stereocenters. The summed E-state index contributed by atoms with van der Waals surface area (Å²) in [6.45, 7) is -0.315. The molecule has 0 spiro atoms. The molecule has 2 aromatic rings. The van der Waals surface area contributed by atoms with Gasteiger partial charge in [0.1, 0.15) is 4.21 Å². The van der Waals surface area contributed by atoms with Crippen LogP contribution in [0.25, 0.3) is 0 Å². The van der Waals surface area contributed by atoms with Gasteiger partial charge in [-0.15, -0.1) is 11.3 Å². The van der Waals surface area contributed by atoms with Crippen molar-refractivity contribution >= 4 is 56.2 Å². The summed E-state index contributed by atoms with van der Waals surface area (Å²) in [6, 6.07) is 7.72. The highest BCUT2D eigenvalue weighted by Crippen LogP contribution is 2.23. The molecular weight excluding hydrogens is 367 g/mol. The Balaban J connectivity index is 2.06. The summed E-state index contributed by atoms with van der Waals surface area (Å²) >= 11 is 12.8. The van der Waals surface area contributed by atoms with Crippen molar-refractivity contribution in [1.82, 2.24) is 4.31 Å². The standard InChI is InChI=1S/C13H12Cl2N2O3S2/c1-17(22(19,20)13-3-2-4-21-13)8-12(18)16-11-6-9(14)5-10(15)7-11/h2-7H,8H2,1H3,(H,16,18). The Morgan fingerprint density at radius 2 is 1.91 bits per heavy atom. The Kier molecular flexibility index (Phi) is 5.46. The zero-order valence-corrected chi connectivity index (χ0v) is 14.6. The molecule has 1 aromatic carbocycles. The SMILES string of the molecule is CN(CC(=O)Nc1cc(Cl)cc(Cl)c1)S(=O)(=O)c1cccs1. The largest absolute Gasteiger partial charge is 0.325 e. The lowest BCUT2D eigenvalue weighted by molar-refractivity contribution is -0.116. The van der Waals surface area contributed by atoms with E-state index < -0.39 is 15.9 Å². The van der Waals surface area contributed by atoms with Gasteiger partial charge in [0, 0.05) is 22.8 Å². The molecule has 1 heterocycles. The zero-order chi connectivity index (χ0) is 16.3. The molecule has 2 rings (SSSR count). The van der Waals surface area contributed by atoms with Gasteiger partial charge in [-0.2, -0.15) is 4.31 Å². The summed E-state index contributed by atoms with van der Waals surface area (Å²) in [5.41, 5.74) is 0.407. The molecule has 0 unspecified atom stereocenters. The first-order valence-electron chi connectivity index (χ1n) is 6.05. The minimum Gasteiger partial charge on any atom is -0.325 e. The van der Waals surface area contributed by atoms with Crippen molar-refractivity contribution in [2.45, 2.75) is 4.21 Å². The van der Waals surface area contributed by atoms with Gasteiger partial charge < -0.3 is 5.32 Å². The van der Waals surface area contributed by atoms with E-state index in [9.17, 15) is 13.2 Å². The molecule has 0 aliphatic rings. The van der Waals surface area contributed by atoms with Crippen molar-refractivity contribution in [2.75, 3.05) is 18.9 Å². The lowest BCUT2D eigenvalue weighted by Crippen LogP contribution is -2.34. The Morgan fingerprint density at radius 1 is 1.27 bits per heavy atom. The average molecular weight is 379 g/mol. The number of carbonyl (C=O) groups is 1. The third-order valence-electron chi connectivity index (χ3n) is 2.67. The summed E-state index contributed by atoms with van der Waals surface area (Å²) in [4.78, 5) is 12.0. The molecule has 0 bridgehead atoms. The molecular formula is C13H12Cl2N2O3S2. The fourth-order valence-electron chi connectivity index (χ4n) is 1.68. The molecule has 1 N–H and O–H groups in total. The second kappa shape index (κ2) is 6.97. The van der Waals surface area contributed by atoms with Gasteiger partial charge in [0.05, 0.1) is 6.54 Å². The number of likely N-dealkylation sites (N-methyl/N-ethyl adjacent to an activating group) is 1. The van der Waals surface area contributed by atoms with Crippen molar-refractivity contribution in [1.29, 1.82) is 0 Å². The molecule has 0 saturated heterocycles. The Hall–Kier alpha value is -1.12. The minimum atomic E-state index is -3.66. The number of rotatable bonds is 5. The summed E-state index contributed by atoms with van der Waals surface area (Å²) in [5, 5.41) is 4.98. The minimum absolute atomic E-state index is 0.189. The molecule has 22 heavy (non-hydrogen) atoms. The Morgan fingerprint density at radius 3 is 2.45 bits per heavy atom. The van der Waals surface area contributed by atoms with Gasteiger partial charge in [-0.05, 0) is 29.6 Å². The van der Waals surface area contributed by atoms with E-state index in [1.54, 1.807) is 11.4 Å². The van der Waals surface area contributed by atoms with Gasteiger partial charge >= 0.3 is 0 Å². The fraction of sp³-hybridized carbons (Fsp3) is 0.154. The smallest absolute Gasteiger partial charge is 0.252 e. The first-order chi connectivity index (χ1) is 10.3. The first kappa shape index (κ1) is 17.2. The number of hydrogen-bond donors (Lipinski definition) is 1. The van der Waals surface area contributed by atoms with Crippen LogP contribution in [0.3, 0.4) is 0 Å². The number of nitrogens with one attached hydrogen (secondary N) is 1. The van der Waals surface area contributed by atoms with E-state index in [-0.39, 0.29) is 10.8 Å². The van der Waals surface area contributed by atoms with E-state index >= 15 is 0 Å². The van der Waals surface area contributed by atoms with Gasteiger partial charge in [-0.1, -0.05) is 29.3 Å². The van der Waals surface area contributed by atoms with Crippen molar-refractivity contribution < 1.29 is 13.2 Å². The molecule has 0 saturated carbocycles. The highest BCUT2D eigenvalue weighted by atomic mass is 35.5. The second-order valence-corrected chi connectivity index (χ2v) is 8.49.